The van der Waals surface area contributed by atoms with Gasteiger partial charge in [0.2, 0.25) is 19.7 Å². The van der Waals surface area contributed by atoms with Crippen LogP contribution in [0.5, 0.6) is 0 Å². The van der Waals surface area contributed by atoms with E-state index in [1.54, 1.807) is 24.3 Å². The summed E-state index contributed by atoms with van der Waals surface area (Å²) in [4.78, 5) is -1.12. The first-order valence-corrected chi connectivity index (χ1v) is 12.8. The van der Waals surface area contributed by atoms with E-state index in [9.17, 15) is 21.9 Å². The number of sulfone groups is 2. The molecule has 0 saturated heterocycles. The Morgan fingerprint density at radius 1 is 0.774 bits per heavy atom. The summed E-state index contributed by atoms with van der Waals surface area (Å²) in [7, 11) is -10.4. The second-order valence-corrected chi connectivity index (χ2v) is 11.9. The number of hydrogen-bond donors (Lipinski definition) is 1. The number of benzene rings is 3. The minimum Gasteiger partial charge on any atom is -0.383 e. The van der Waals surface area contributed by atoms with E-state index in [0.29, 0.717) is 5.56 Å². The normalized spacial score (nSPS) is 13.9. The van der Waals surface area contributed by atoms with Gasteiger partial charge in [-0.3, -0.25) is 0 Å². The summed E-state index contributed by atoms with van der Waals surface area (Å²) in [5, 5.41) is 10.6. The average molecular weight is 525 g/mol. The summed E-state index contributed by atoms with van der Waals surface area (Å²) in [6.07, 6.45) is -0.428. The molecule has 3 aromatic rings. The summed E-state index contributed by atoms with van der Waals surface area (Å²) < 4.78 is 66.0. The molecule has 31 heavy (non-hydrogen) atoms. The first-order chi connectivity index (χ1) is 14.6. The molecule has 0 heterocycles. The summed E-state index contributed by atoms with van der Waals surface area (Å²) in [6.45, 7) is 0. The molecule has 0 aromatic heterocycles. The first-order valence-electron chi connectivity index (χ1n) is 9.01. The third kappa shape index (κ3) is 4.36. The average Bonchev–Trinajstić information content (AvgIpc) is 2.78. The van der Waals surface area contributed by atoms with Crippen LogP contribution in [0.25, 0.3) is 6.08 Å². The van der Waals surface area contributed by atoms with Gasteiger partial charge in [-0.15, -0.1) is 0 Å². The molecule has 3 rings (SSSR count). The van der Waals surface area contributed by atoms with Gasteiger partial charge in [0, 0.05) is 4.47 Å². The van der Waals surface area contributed by atoms with Crippen molar-refractivity contribution in [2.75, 3.05) is 0 Å². The van der Waals surface area contributed by atoms with Gasteiger partial charge < -0.3 is 5.11 Å². The molecule has 0 saturated carbocycles. The number of aliphatic hydroxyl groups excluding tert-OH is 1. The summed E-state index contributed by atoms with van der Waals surface area (Å²) in [6, 6.07) is 19.3. The smallest absolute Gasteiger partial charge is 0.346 e. The van der Waals surface area contributed by atoms with Crippen LogP contribution < -0.4 is 0 Å². The lowest BCUT2D eigenvalue weighted by Crippen LogP contribution is -2.51. The van der Waals surface area contributed by atoms with Crippen molar-refractivity contribution in [1.29, 1.82) is 0 Å². The fourth-order valence-corrected chi connectivity index (χ4v) is 7.34. The monoisotopic (exact) mass is 524 g/mol. The van der Waals surface area contributed by atoms with Crippen LogP contribution in [0.1, 0.15) is 5.56 Å². The fourth-order valence-electron chi connectivity index (χ4n) is 2.87. The van der Waals surface area contributed by atoms with E-state index in [4.69, 9.17) is 0 Å². The van der Waals surface area contributed by atoms with Gasteiger partial charge >= 0.3 is 4.33 Å². The predicted molar refractivity (Wildman–Crippen MR) is 120 cm³/mol. The van der Waals surface area contributed by atoms with Gasteiger partial charge in [-0.2, -0.15) is 0 Å². The predicted octanol–water partition coefficient (Wildman–Crippen LogP) is 4.39. The maximum Gasteiger partial charge on any atom is 0.346 e. The molecule has 1 atom stereocenters. The van der Waals surface area contributed by atoms with E-state index in [1.165, 1.54) is 42.5 Å². The Morgan fingerprint density at radius 3 is 1.61 bits per heavy atom. The molecule has 0 bridgehead atoms. The Kier molecular flexibility index (Phi) is 6.80. The summed E-state index contributed by atoms with van der Waals surface area (Å²) in [5.74, 6) is 0. The molecule has 5 nitrogen and oxygen atoms in total. The number of alkyl halides is 1. The van der Waals surface area contributed by atoms with Gasteiger partial charge in [-0.1, -0.05) is 76.6 Å². The van der Waals surface area contributed by atoms with Crippen molar-refractivity contribution in [3.8, 4) is 0 Å². The highest BCUT2D eigenvalue weighted by Crippen LogP contribution is 2.40. The molecule has 0 amide bonds. The molecular formula is C22H18BrFO5S2. The van der Waals surface area contributed by atoms with E-state index in [1.807, 2.05) is 0 Å². The fraction of sp³-hybridized carbons (Fsp3) is 0.0909. The number of aliphatic hydroxyl groups is 1. The second kappa shape index (κ2) is 9.04. The molecular weight excluding hydrogens is 507 g/mol. The Labute approximate surface area is 188 Å². The van der Waals surface area contributed by atoms with Gasteiger partial charge in [0.15, 0.2) is 0 Å². The molecule has 1 N–H and O–H groups in total. The highest BCUT2D eigenvalue weighted by Gasteiger charge is 2.61. The van der Waals surface area contributed by atoms with Gasteiger partial charge in [0.05, 0.1) is 9.79 Å². The second-order valence-electron chi connectivity index (χ2n) is 6.57. The minimum atomic E-state index is -5.18. The van der Waals surface area contributed by atoms with E-state index in [0.717, 1.165) is 34.8 Å². The number of rotatable bonds is 7. The minimum absolute atomic E-state index is 0.513. The lowest BCUT2D eigenvalue weighted by Gasteiger charge is -2.28. The maximum atomic E-state index is 16.4. The Balaban J connectivity index is 2.18. The standard InChI is InChI=1S/C22H18BrFO5S2/c23-18-14-11-17(12-15-18)13-16-21(25)22(24,30(26,27)19-7-3-1-4-8-19)31(28,29)20-9-5-2-6-10-20/h1-16,21,25H/b16-13+. The van der Waals surface area contributed by atoms with Crippen LogP contribution in [0.4, 0.5) is 4.39 Å². The van der Waals surface area contributed by atoms with Crippen molar-refractivity contribution in [2.24, 2.45) is 0 Å². The zero-order chi connectivity index (χ0) is 22.7. The molecule has 9 heteroatoms. The first kappa shape index (κ1) is 23.3. The summed E-state index contributed by atoms with van der Waals surface area (Å²) in [5.41, 5.74) is 0.513. The van der Waals surface area contributed by atoms with Crippen molar-refractivity contribution in [3.63, 3.8) is 0 Å². The Bertz CT molecular complexity index is 1210. The maximum absolute atomic E-state index is 16.4. The molecule has 1 unspecified atom stereocenters. The lowest BCUT2D eigenvalue weighted by molar-refractivity contribution is 0.134. The van der Waals surface area contributed by atoms with Gasteiger partial charge in [0.1, 0.15) is 6.10 Å². The molecule has 0 aliphatic rings. The van der Waals surface area contributed by atoms with E-state index < -0.39 is 39.9 Å². The zero-order valence-corrected chi connectivity index (χ0v) is 19.2. The van der Waals surface area contributed by atoms with E-state index in [2.05, 4.69) is 15.9 Å². The van der Waals surface area contributed by atoms with Crippen LogP contribution in [0.3, 0.4) is 0 Å². The molecule has 3 aromatic carbocycles. The van der Waals surface area contributed by atoms with Crippen LogP contribution in [-0.2, 0) is 19.7 Å². The van der Waals surface area contributed by atoms with E-state index >= 15 is 4.39 Å². The van der Waals surface area contributed by atoms with Crippen LogP contribution in [0, 0.1) is 0 Å². The zero-order valence-electron chi connectivity index (χ0n) is 16.0. The van der Waals surface area contributed by atoms with Gasteiger partial charge in [-0.05, 0) is 42.0 Å². The Morgan fingerprint density at radius 2 is 1.19 bits per heavy atom. The topological polar surface area (TPSA) is 88.5 Å². The van der Waals surface area contributed by atoms with Crippen molar-refractivity contribution in [3.05, 3.63) is 101 Å². The van der Waals surface area contributed by atoms with Crippen LogP contribution in [0.15, 0.2) is 105 Å². The molecule has 162 valence electrons. The van der Waals surface area contributed by atoms with Crippen molar-refractivity contribution in [1.82, 2.24) is 0 Å². The molecule has 0 radical (unpaired) electrons. The highest BCUT2D eigenvalue weighted by molar-refractivity contribution is 9.10. The van der Waals surface area contributed by atoms with Crippen molar-refractivity contribution >= 4 is 41.7 Å². The van der Waals surface area contributed by atoms with Crippen molar-refractivity contribution in [2.45, 2.75) is 20.2 Å². The molecule has 0 aliphatic heterocycles. The Hall–Kier alpha value is -2.33. The molecule has 0 fully saturated rings. The lowest BCUT2D eigenvalue weighted by atomic mass is 10.2. The third-order valence-corrected chi connectivity index (χ3v) is 10.1. The summed E-state index contributed by atoms with van der Waals surface area (Å²) >= 11 is 3.27. The van der Waals surface area contributed by atoms with Gasteiger partial charge in [0.25, 0.3) is 0 Å². The third-order valence-electron chi connectivity index (χ3n) is 4.53. The quantitative estimate of drug-likeness (QED) is 0.494. The number of halogens is 2. The van der Waals surface area contributed by atoms with Crippen LogP contribution >= 0.6 is 15.9 Å². The van der Waals surface area contributed by atoms with E-state index in [-0.39, 0.29) is 0 Å². The van der Waals surface area contributed by atoms with Crippen LogP contribution in [0.2, 0.25) is 0 Å². The molecule has 0 aliphatic carbocycles. The van der Waals surface area contributed by atoms with Gasteiger partial charge in [-0.25, -0.2) is 21.2 Å². The molecule has 0 spiro atoms. The highest BCUT2D eigenvalue weighted by atomic mass is 79.9. The van der Waals surface area contributed by atoms with Crippen molar-refractivity contribution < 1.29 is 26.3 Å². The SMILES string of the molecule is O=S(=O)(c1ccccc1)C(F)(C(O)/C=C/c1ccc(Br)cc1)S(=O)(=O)c1ccccc1. The number of hydrogen-bond acceptors (Lipinski definition) is 5. The van der Waals surface area contributed by atoms with Crippen LogP contribution in [-0.4, -0.2) is 32.4 Å². The largest absolute Gasteiger partial charge is 0.383 e.